The number of benzene rings is 6. The number of nitrogen functional groups attached to an aromatic ring is 3. The maximum absolute atomic E-state index is 10.6. The molecule has 0 saturated heterocycles. The number of carbonyl (C=O) groups excluding carboxylic acids is 1. The molecule has 38 nitrogen and oxygen atoms in total. The van der Waals surface area contributed by atoms with Gasteiger partial charge in [-0.15, -0.1) is 73.4 Å². The Morgan fingerprint density at radius 1 is 0.511 bits per heavy atom. The molecule has 0 fully saturated rings. The normalized spacial score (nSPS) is 10.4. The summed E-state index contributed by atoms with van der Waals surface area (Å²) in [4.78, 5) is 67.8. The third-order valence-corrected chi connectivity index (χ3v) is 24.5. The largest absolute Gasteiger partial charge is 1.00 e. The smallest absolute Gasteiger partial charge is 0.444 e. The Labute approximate surface area is 941 Å². The predicted octanol–water partition coefficient (Wildman–Crippen LogP) is 21.5. The molecule has 0 atom stereocenters. The first-order chi connectivity index (χ1) is 63.7. The van der Waals surface area contributed by atoms with Crippen molar-refractivity contribution >= 4 is 285 Å². The van der Waals surface area contributed by atoms with Crippen LogP contribution in [0.4, 0.5) is 34.1 Å². The van der Waals surface area contributed by atoms with Gasteiger partial charge in [0.1, 0.15) is 29.3 Å². The van der Waals surface area contributed by atoms with Crippen LogP contribution in [0.25, 0.3) is 137 Å². The van der Waals surface area contributed by atoms with E-state index in [0.717, 1.165) is 39.0 Å². The zero-order valence-corrected chi connectivity index (χ0v) is 92.9. The van der Waals surface area contributed by atoms with Crippen LogP contribution in [0.15, 0.2) is 240 Å². The van der Waals surface area contributed by atoms with Gasteiger partial charge >= 0.3 is 59.1 Å². The number of carbonyl (C=O) groups is 1. The molecule has 0 aliphatic carbocycles. The number of nitrogens with zero attached hydrogens (tertiary/aromatic N) is 20. The maximum Gasteiger partial charge on any atom is 1.00 e. The molecule has 131 heavy (non-hydrogen) atoms. The van der Waals surface area contributed by atoms with Crippen molar-refractivity contribution < 1.29 is 161 Å². The van der Waals surface area contributed by atoms with E-state index in [1.165, 1.54) is 136 Å². The molecule has 1 radical (unpaired) electrons. The molecule has 665 valence electrons. The van der Waals surface area contributed by atoms with E-state index in [1.54, 1.807) is 71.4 Å². The zero-order valence-electron chi connectivity index (χ0n) is 71.3. The maximum atomic E-state index is 10.6. The van der Waals surface area contributed by atoms with E-state index in [4.69, 9.17) is 167 Å². The number of thiophene rings is 6. The minimum absolute atomic E-state index is 0. The van der Waals surface area contributed by atoms with Crippen molar-refractivity contribution in [2.24, 2.45) is 21.3 Å². The number of hydrogen-bond donors (Lipinski definition) is 5. The molecule has 0 spiro atoms. The molecule has 6 aromatic carbocycles. The number of nitro benzene ring substituents is 2. The molecule has 0 bridgehead atoms. The van der Waals surface area contributed by atoms with Crippen LogP contribution >= 0.6 is 240 Å². The van der Waals surface area contributed by atoms with Crippen molar-refractivity contribution in [3.8, 4) is 111 Å². The van der Waals surface area contributed by atoms with Crippen LogP contribution < -0.4 is 82.0 Å². The molecule has 0 aliphatic heterocycles. The molecular formula is C73H51AcCl7I4N24Na2O14S6. The number of amidine groups is 1. The van der Waals surface area contributed by atoms with E-state index >= 15 is 0 Å². The third-order valence-electron chi connectivity index (χ3n) is 14.5. The van der Waals surface area contributed by atoms with E-state index < -0.39 is 15.1 Å². The summed E-state index contributed by atoms with van der Waals surface area (Å²) in [6.07, 6.45) is 0. The Kier molecular flexibility index (Phi) is 49.4. The second-order valence-electron chi connectivity index (χ2n) is 22.3. The van der Waals surface area contributed by atoms with Gasteiger partial charge in [0.05, 0.1) is 53.6 Å². The van der Waals surface area contributed by atoms with Gasteiger partial charge in [-0.2, -0.15) is 24.9 Å². The molecule has 0 aliphatic rings. The van der Waals surface area contributed by atoms with E-state index in [1.807, 2.05) is 45.8 Å². The predicted molar refractivity (Wildman–Crippen MR) is 540 cm³/mol. The molecule has 17 aromatic rings. The molecule has 0 saturated carbocycles. The first-order valence-electron chi connectivity index (χ1n) is 36.2. The topological polar surface area (TPSA) is 626 Å². The molecule has 58 heteroatoms. The summed E-state index contributed by atoms with van der Waals surface area (Å²) in [5.41, 5.74) is 49.6. The van der Waals surface area contributed by atoms with E-state index in [-0.39, 0.29) is 175 Å². The third kappa shape index (κ3) is 35.4. The second-order valence-corrected chi connectivity index (χ2v) is 37.4. The Balaban J connectivity index is 0.000000537. The standard InChI is InChI=1S/C12H6ClI2N3OS.C12H6ClN5OS.C12H6ClN3O3S.2C12H8ClN3OS.C7H7N3O3.C5H2Cl2OS.CH2I2.Ac.N3.HNO2.2Na.H2O.2H2/c13-6-1-2-20-10(6)12-17-11(18-19-12)5-3-7(14)9(16)8(15)4-5;13-9-5-6-20-10(9)12-15-11(17-19-12)7-1-3-8(4-2-7)16-18-14;13-9-5-6-20-10(9)12-14-11(15-19-12)7-1-3-8(4-2-7)16(17)18;2*13-9-5-6-18-10(9)12-15-11(16-17-12)7-1-3-8(14)4-2-7;8-7(9-11)5-1-3-6(4-2-5)10(12)13;6-3-1-2-9-4(3)5(7)8;2-1-3;;1-3-2;2-1-3;;;;;/h1-4H,16H2;2*1-6H;2*1-6H,14H2;1-4,11H,(H2,8,9);1-2H;1H2;;;(H,2,3);;;1H2;2*1H/q;;;;;;;;;-1;;2*+1;;;/p-1/i;3T,4T;;3T,4T;;;;;;;;;;;1+2T;. The summed E-state index contributed by atoms with van der Waals surface area (Å²) in [7, 11) is 0. The molecule has 11 aromatic heterocycles. The van der Waals surface area contributed by atoms with Gasteiger partial charge in [0.25, 0.3) is 46.1 Å². The number of non-ortho nitro benzene ring substituents is 2. The summed E-state index contributed by atoms with van der Waals surface area (Å²) in [6, 6.07) is 38.7. The Morgan fingerprint density at radius 2 is 0.786 bits per heavy atom. The van der Waals surface area contributed by atoms with E-state index in [0.29, 0.717) is 124 Å². The van der Waals surface area contributed by atoms with Crippen molar-refractivity contribution in [2.75, 3.05) is 19.6 Å². The fourth-order valence-corrected chi connectivity index (χ4v) is 17.2. The number of nitrogens with two attached hydrogens (primary N) is 4. The van der Waals surface area contributed by atoms with Gasteiger partial charge in [-0.25, -0.2) is 0 Å². The van der Waals surface area contributed by atoms with E-state index in [9.17, 15) is 25.0 Å². The number of anilines is 3. The van der Waals surface area contributed by atoms with E-state index in [2.05, 4.69) is 156 Å². The van der Waals surface area contributed by atoms with Crippen LogP contribution in [-0.4, -0.2) is 84.7 Å². The summed E-state index contributed by atoms with van der Waals surface area (Å²) < 4.78 is 70.0. The molecule has 11 heterocycles. The van der Waals surface area contributed by atoms with Crippen LogP contribution in [0, 0.1) is 81.5 Å². The van der Waals surface area contributed by atoms with Gasteiger partial charge in [0, 0.05) is 135 Å². The Bertz CT molecular complexity index is 6720. The molecule has 0 unspecified atom stereocenters. The molecular weight excluding hydrogens is 2660 g/mol. The number of aromatic nitrogens is 10. The van der Waals surface area contributed by atoms with Crippen molar-refractivity contribution in [2.45, 2.75) is 0 Å². The summed E-state index contributed by atoms with van der Waals surface area (Å²) >= 11 is 58.0. The zero-order chi connectivity index (χ0) is 97.7. The fraction of sp³-hybridized carbons (Fsp3) is 0.0137. The number of oxime groups is 1. The molecule has 17 rings (SSSR count). The number of alkyl halides is 2. The van der Waals surface area contributed by atoms with Crippen molar-refractivity contribution in [1.82, 2.24) is 50.7 Å². The van der Waals surface area contributed by atoms with Crippen LogP contribution in [0.3, 0.4) is 0 Å². The minimum atomic E-state index is -0.518. The number of hydrogen-bond acceptors (Lipinski definition) is 35. The van der Waals surface area contributed by atoms with Crippen LogP contribution in [0.2, 0.25) is 30.1 Å². The average Bonchev–Trinajstić information content (AvgIpc) is 1.65. The van der Waals surface area contributed by atoms with Crippen LogP contribution in [0.1, 0.15) is 25.1 Å². The monoisotopic (exact) mass is 2720 g/mol. The van der Waals surface area contributed by atoms with Gasteiger partial charge < -0.3 is 77.4 Å². The summed E-state index contributed by atoms with van der Waals surface area (Å²) in [6.45, 7) is 0. The van der Waals surface area contributed by atoms with Gasteiger partial charge in [0.15, 0.2) is 5.84 Å². The SMILES string of the molecule is ICI.N/C(=N\O)c1ccc([N+](=O)[O-])cc1.Nc1c(I)cc(-c2noc(-c3sccc3Cl)n2)cc1I.Nc1ccc(-c2noc(-c3sccc3Cl)n2)cc1.O.O=C(Cl)c1sccc1Cl.O=N[O-].O=[N+]([O-])c1ccc(-c2noc(-c3sccc3Cl)n2)cc1.[3H][3H].[3H]c1cc(-c2noc(-c3sccc3Cl)n2)cc([3H])c1N.[3H]c1cc(-c2noc(-c3sccc3Cl)n2)cc([3H])c1N=[N+]=[N-].[Ac].[HH].[N-]=[N+]=[N-].[Na+].[Na+]. The van der Waals surface area contributed by atoms with Crippen molar-refractivity contribution in [3.05, 3.63) is 307 Å². The van der Waals surface area contributed by atoms with Gasteiger partial charge in [-0.3, -0.25) is 29.9 Å². The Hall–Kier alpha value is -7.27. The van der Waals surface area contributed by atoms with Crippen molar-refractivity contribution in [3.63, 3.8) is 0 Å². The number of nitro groups is 2. The fourth-order valence-electron chi connectivity index (χ4n) is 8.85. The second kappa shape index (κ2) is 60.3. The summed E-state index contributed by atoms with van der Waals surface area (Å²) in [5.74, 6) is 3.65. The first-order valence-corrected chi connectivity index (χ1v) is 46.3. The van der Waals surface area contributed by atoms with Crippen LogP contribution in [-0.2, 0) is 0 Å². The van der Waals surface area contributed by atoms with Crippen molar-refractivity contribution in [1.29, 1.82) is 0 Å². The van der Waals surface area contributed by atoms with Gasteiger partial charge in [-0.1, -0.05) is 175 Å². The molecule has 0 amide bonds. The van der Waals surface area contributed by atoms with Gasteiger partial charge in [-0.05, 0) is 216 Å². The Morgan fingerprint density at radius 3 is 1.05 bits per heavy atom. The quantitative estimate of drug-likeness (QED) is 0.00505. The number of rotatable bonds is 15. The molecule has 11 N–H and O–H groups in total. The average molecular weight is 2720 g/mol. The minimum Gasteiger partial charge on any atom is -0.444 e. The van der Waals surface area contributed by atoms with Gasteiger partial charge in [0.2, 0.25) is 29.1 Å². The number of halogens is 11. The first kappa shape index (κ1) is 107. The van der Waals surface area contributed by atoms with Crippen LogP contribution in [0.5, 0.6) is 0 Å². The number of azide groups is 1. The summed E-state index contributed by atoms with van der Waals surface area (Å²) in [5, 5.41) is 77.4.